The number of hydrogen-bond acceptors (Lipinski definition) is 3. The van der Waals surface area contributed by atoms with Crippen molar-refractivity contribution in [3.05, 3.63) is 28.3 Å². The van der Waals surface area contributed by atoms with E-state index in [2.05, 4.69) is 5.32 Å². The smallest absolute Gasteiger partial charge is 0.256 e. The third kappa shape index (κ3) is 1.76. The maximum Gasteiger partial charge on any atom is 0.256 e. The Morgan fingerprint density at radius 1 is 1.50 bits per heavy atom. The summed E-state index contributed by atoms with van der Waals surface area (Å²) in [6.07, 6.45) is 0. The van der Waals surface area contributed by atoms with E-state index in [1.807, 2.05) is 11.0 Å². The molecule has 6 heteroatoms. The molecular weight excluding hydrogens is 275 g/mol. The Bertz CT molecular complexity index is 493. The molecule has 0 bridgehead atoms. The monoisotopic (exact) mass is 288 g/mol. The first-order valence-corrected chi connectivity index (χ1v) is 6.00. The van der Waals surface area contributed by atoms with Crippen molar-refractivity contribution in [2.75, 3.05) is 26.7 Å². The molecule has 18 heavy (non-hydrogen) atoms. The lowest BCUT2D eigenvalue weighted by atomic mass is 10.0. The lowest BCUT2D eigenvalue weighted by molar-refractivity contribution is 0.0690. The molecule has 1 atom stereocenters. The first kappa shape index (κ1) is 13.5. The molecule has 98 valence electrons. The average molecular weight is 289 g/mol. The minimum Gasteiger partial charge on any atom is -0.496 e. The van der Waals surface area contributed by atoms with Crippen LogP contribution in [0, 0.1) is 0 Å². The molecule has 0 radical (unpaired) electrons. The molecule has 2 aliphatic rings. The van der Waals surface area contributed by atoms with Gasteiger partial charge in [0, 0.05) is 25.2 Å². The number of carbonyl (C=O) groups excluding carboxylic acids is 1. The van der Waals surface area contributed by atoms with E-state index in [1.54, 1.807) is 13.2 Å². The van der Waals surface area contributed by atoms with Gasteiger partial charge in [-0.1, -0.05) is 11.6 Å². The summed E-state index contributed by atoms with van der Waals surface area (Å²) in [7, 11) is 1.62. The predicted molar refractivity (Wildman–Crippen MR) is 71.9 cm³/mol. The Morgan fingerprint density at radius 2 is 2.28 bits per heavy atom. The van der Waals surface area contributed by atoms with Gasteiger partial charge in [0.2, 0.25) is 0 Å². The Balaban J connectivity index is 0.00000120. The molecule has 1 aromatic carbocycles. The minimum atomic E-state index is 0. The second-order valence-corrected chi connectivity index (χ2v) is 4.66. The fraction of sp³-hybridized carbons (Fsp3) is 0.417. The summed E-state index contributed by atoms with van der Waals surface area (Å²) in [5.41, 5.74) is 1.54. The van der Waals surface area contributed by atoms with Gasteiger partial charge in [-0.2, -0.15) is 0 Å². The zero-order chi connectivity index (χ0) is 12.0. The van der Waals surface area contributed by atoms with Crippen molar-refractivity contribution in [3.8, 4) is 5.75 Å². The maximum atomic E-state index is 12.3. The van der Waals surface area contributed by atoms with Gasteiger partial charge in [-0.05, 0) is 12.1 Å². The molecule has 1 amide bonds. The van der Waals surface area contributed by atoms with Crippen LogP contribution in [0.4, 0.5) is 0 Å². The molecule has 2 heterocycles. The molecule has 1 fully saturated rings. The number of rotatable bonds is 1. The van der Waals surface area contributed by atoms with Crippen LogP contribution in [-0.4, -0.2) is 37.6 Å². The lowest BCUT2D eigenvalue weighted by Gasteiger charge is -2.30. The third-order valence-corrected chi connectivity index (χ3v) is 3.74. The van der Waals surface area contributed by atoms with Crippen LogP contribution in [0.25, 0.3) is 0 Å². The van der Waals surface area contributed by atoms with Crippen LogP contribution in [0.5, 0.6) is 5.75 Å². The van der Waals surface area contributed by atoms with Crippen LogP contribution in [-0.2, 0) is 0 Å². The number of piperazine rings is 1. The number of nitrogens with zero attached hydrogens (tertiary/aromatic N) is 1. The number of hydrogen-bond donors (Lipinski definition) is 1. The highest BCUT2D eigenvalue weighted by Crippen LogP contribution is 2.43. The van der Waals surface area contributed by atoms with Gasteiger partial charge in [-0.15, -0.1) is 12.4 Å². The molecule has 0 aromatic heterocycles. The van der Waals surface area contributed by atoms with E-state index in [1.165, 1.54) is 0 Å². The number of ether oxygens (including phenoxy) is 1. The molecule has 2 aliphatic heterocycles. The van der Waals surface area contributed by atoms with Crippen LogP contribution in [0.3, 0.4) is 0 Å². The Labute approximate surface area is 117 Å². The van der Waals surface area contributed by atoms with Crippen LogP contribution in [0.15, 0.2) is 12.1 Å². The van der Waals surface area contributed by atoms with Crippen LogP contribution < -0.4 is 10.1 Å². The van der Waals surface area contributed by atoms with Gasteiger partial charge in [0.1, 0.15) is 5.75 Å². The van der Waals surface area contributed by atoms with E-state index in [-0.39, 0.29) is 24.4 Å². The molecular formula is C12H14Cl2N2O2. The summed E-state index contributed by atoms with van der Waals surface area (Å²) >= 11 is 6.13. The van der Waals surface area contributed by atoms with Gasteiger partial charge < -0.3 is 15.0 Å². The van der Waals surface area contributed by atoms with E-state index >= 15 is 0 Å². The molecule has 0 spiro atoms. The minimum absolute atomic E-state index is 0. The maximum absolute atomic E-state index is 12.3. The second-order valence-electron chi connectivity index (χ2n) is 4.26. The molecule has 1 N–H and O–H groups in total. The van der Waals surface area contributed by atoms with Crippen molar-refractivity contribution in [2.24, 2.45) is 0 Å². The number of fused-ring (bicyclic) bond motifs is 3. The molecule has 1 aromatic rings. The van der Waals surface area contributed by atoms with Crippen molar-refractivity contribution in [2.45, 2.75) is 6.04 Å². The fourth-order valence-electron chi connectivity index (χ4n) is 2.65. The molecule has 4 nitrogen and oxygen atoms in total. The van der Waals surface area contributed by atoms with Crippen LogP contribution in [0.1, 0.15) is 22.0 Å². The Hall–Kier alpha value is -0.970. The number of amides is 1. The van der Waals surface area contributed by atoms with Crippen LogP contribution >= 0.6 is 24.0 Å². The lowest BCUT2D eigenvalue weighted by Crippen LogP contribution is -2.44. The van der Waals surface area contributed by atoms with Crippen molar-refractivity contribution >= 4 is 29.9 Å². The SMILES string of the molecule is COc1ccc(Cl)c2c1[C@@H]1CNCCN1C2=O.Cl. The van der Waals surface area contributed by atoms with E-state index in [4.69, 9.17) is 16.3 Å². The first-order valence-electron chi connectivity index (χ1n) is 5.62. The Morgan fingerprint density at radius 3 is 3.00 bits per heavy atom. The van der Waals surface area contributed by atoms with Gasteiger partial charge in [-0.25, -0.2) is 0 Å². The largest absolute Gasteiger partial charge is 0.496 e. The highest BCUT2D eigenvalue weighted by Gasteiger charge is 2.41. The summed E-state index contributed by atoms with van der Waals surface area (Å²) in [5.74, 6) is 0.768. The van der Waals surface area contributed by atoms with E-state index in [9.17, 15) is 4.79 Å². The number of benzene rings is 1. The third-order valence-electron chi connectivity index (χ3n) is 3.43. The fourth-order valence-corrected chi connectivity index (χ4v) is 2.89. The normalized spacial score (nSPS) is 21.1. The van der Waals surface area contributed by atoms with Gasteiger partial charge in [0.15, 0.2) is 0 Å². The van der Waals surface area contributed by atoms with Crippen molar-refractivity contribution in [3.63, 3.8) is 0 Å². The van der Waals surface area contributed by atoms with Gasteiger partial charge >= 0.3 is 0 Å². The predicted octanol–water partition coefficient (Wildman–Crippen LogP) is 1.87. The van der Waals surface area contributed by atoms with Crippen molar-refractivity contribution in [1.29, 1.82) is 0 Å². The number of methoxy groups -OCH3 is 1. The highest BCUT2D eigenvalue weighted by molar-refractivity contribution is 6.34. The van der Waals surface area contributed by atoms with Gasteiger partial charge in [0.25, 0.3) is 5.91 Å². The second kappa shape index (κ2) is 4.96. The summed E-state index contributed by atoms with van der Waals surface area (Å²) in [6, 6.07) is 3.61. The molecule has 3 rings (SSSR count). The quantitative estimate of drug-likeness (QED) is 0.858. The van der Waals surface area contributed by atoms with Crippen molar-refractivity contribution < 1.29 is 9.53 Å². The van der Waals surface area contributed by atoms with Gasteiger partial charge in [0.05, 0.1) is 23.7 Å². The van der Waals surface area contributed by atoms with Gasteiger partial charge in [-0.3, -0.25) is 4.79 Å². The summed E-state index contributed by atoms with van der Waals surface area (Å²) in [4.78, 5) is 14.1. The summed E-state index contributed by atoms with van der Waals surface area (Å²) in [6.45, 7) is 2.31. The average Bonchev–Trinajstić information content (AvgIpc) is 2.66. The summed E-state index contributed by atoms with van der Waals surface area (Å²) in [5, 5.41) is 3.81. The van der Waals surface area contributed by atoms with E-state index in [0.29, 0.717) is 10.6 Å². The zero-order valence-corrected chi connectivity index (χ0v) is 11.5. The number of nitrogens with one attached hydrogen (secondary N) is 1. The molecule has 0 unspecified atom stereocenters. The Kier molecular flexibility index (Phi) is 3.71. The van der Waals surface area contributed by atoms with E-state index < -0.39 is 0 Å². The highest BCUT2D eigenvalue weighted by atomic mass is 35.5. The summed E-state index contributed by atoms with van der Waals surface area (Å²) < 4.78 is 5.34. The topological polar surface area (TPSA) is 41.6 Å². The molecule has 1 saturated heterocycles. The standard InChI is InChI=1S/C12H13ClN2O2.ClH/c1-17-9-3-2-7(13)10-11(9)8-6-14-4-5-15(8)12(10)16;/h2-3,8,14H,4-6H2,1H3;1H/t8-;/m0./s1. The molecule has 0 aliphatic carbocycles. The molecule has 0 saturated carbocycles. The number of halogens is 2. The first-order chi connectivity index (χ1) is 8.24. The van der Waals surface area contributed by atoms with E-state index in [0.717, 1.165) is 30.9 Å². The number of carbonyl (C=O) groups is 1. The zero-order valence-electron chi connectivity index (χ0n) is 9.90. The van der Waals surface area contributed by atoms with Crippen molar-refractivity contribution in [1.82, 2.24) is 10.2 Å². The van der Waals surface area contributed by atoms with Crippen LogP contribution in [0.2, 0.25) is 5.02 Å².